The van der Waals surface area contributed by atoms with Crippen LogP contribution < -0.4 is 10.1 Å². The van der Waals surface area contributed by atoms with Crippen LogP contribution in [-0.4, -0.2) is 71.1 Å². The van der Waals surface area contributed by atoms with Crippen LogP contribution in [0.3, 0.4) is 0 Å². The topological polar surface area (TPSA) is 55.3 Å². The predicted octanol–water partition coefficient (Wildman–Crippen LogP) is 2.24. The van der Waals surface area contributed by atoms with Gasteiger partial charge >= 0.3 is 0 Å². The number of aliphatic imine (C=N–C) groups is 1. The first-order chi connectivity index (χ1) is 12.6. The molecule has 0 aromatic heterocycles. The minimum absolute atomic E-state index is 0.553. The van der Waals surface area contributed by atoms with Gasteiger partial charge in [-0.2, -0.15) is 0 Å². The van der Waals surface area contributed by atoms with Crippen molar-refractivity contribution >= 4 is 5.96 Å². The van der Waals surface area contributed by atoms with Gasteiger partial charge in [-0.25, -0.2) is 0 Å². The third-order valence-corrected chi connectivity index (χ3v) is 4.43. The van der Waals surface area contributed by atoms with E-state index in [1.54, 1.807) is 7.11 Å². The lowest BCUT2D eigenvalue weighted by atomic mass is 10.1. The summed E-state index contributed by atoms with van der Waals surface area (Å²) in [7, 11) is 3.52. The molecule has 1 fully saturated rings. The van der Waals surface area contributed by atoms with Crippen molar-refractivity contribution in [3.05, 3.63) is 29.3 Å². The zero-order chi connectivity index (χ0) is 18.8. The van der Waals surface area contributed by atoms with E-state index in [1.165, 1.54) is 11.1 Å². The number of rotatable bonds is 9. The van der Waals surface area contributed by atoms with Gasteiger partial charge < -0.3 is 24.4 Å². The van der Waals surface area contributed by atoms with Crippen molar-refractivity contribution in [1.82, 2.24) is 10.2 Å². The highest BCUT2D eigenvalue weighted by Gasteiger charge is 2.24. The number of hydrogen-bond donors (Lipinski definition) is 1. The van der Waals surface area contributed by atoms with E-state index in [2.05, 4.69) is 47.3 Å². The first kappa shape index (κ1) is 20.5. The number of likely N-dealkylation sites (tertiary alicyclic amines) is 1. The summed E-state index contributed by atoms with van der Waals surface area (Å²) in [4.78, 5) is 6.69. The van der Waals surface area contributed by atoms with Gasteiger partial charge in [-0.3, -0.25) is 4.99 Å². The molecule has 1 aromatic carbocycles. The molecule has 1 unspecified atom stereocenters. The SMILES string of the molecule is CN=C(NCCOc1cc(C)cc(C)c1)N1CCC(COCCOC)C1. The molecule has 0 spiro atoms. The molecule has 26 heavy (non-hydrogen) atoms. The van der Waals surface area contributed by atoms with Crippen molar-refractivity contribution in [2.24, 2.45) is 10.9 Å². The number of aryl methyl sites for hydroxylation is 2. The largest absolute Gasteiger partial charge is 0.492 e. The van der Waals surface area contributed by atoms with Crippen molar-refractivity contribution < 1.29 is 14.2 Å². The summed E-state index contributed by atoms with van der Waals surface area (Å²) in [5.74, 6) is 2.42. The van der Waals surface area contributed by atoms with Gasteiger partial charge in [0.1, 0.15) is 12.4 Å². The van der Waals surface area contributed by atoms with E-state index in [4.69, 9.17) is 14.2 Å². The average Bonchev–Trinajstić information content (AvgIpc) is 3.07. The predicted molar refractivity (Wildman–Crippen MR) is 105 cm³/mol. The van der Waals surface area contributed by atoms with Crippen molar-refractivity contribution in [2.45, 2.75) is 20.3 Å². The lowest BCUT2D eigenvalue weighted by Crippen LogP contribution is -2.41. The van der Waals surface area contributed by atoms with Gasteiger partial charge in [0, 0.05) is 33.2 Å². The third-order valence-electron chi connectivity index (χ3n) is 4.43. The summed E-state index contributed by atoms with van der Waals surface area (Å²) >= 11 is 0. The average molecular weight is 364 g/mol. The number of benzene rings is 1. The Balaban J connectivity index is 1.68. The highest BCUT2D eigenvalue weighted by Crippen LogP contribution is 2.17. The Labute approximate surface area is 157 Å². The zero-order valence-electron chi connectivity index (χ0n) is 16.6. The molecular weight excluding hydrogens is 330 g/mol. The number of nitrogens with zero attached hydrogens (tertiary/aromatic N) is 2. The van der Waals surface area contributed by atoms with E-state index in [1.807, 2.05) is 7.05 Å². The quantitative estimate of drug-likeness (QED) is 0.414. The fraction of sp³-hybridized carbons (Fsp3) is 0.650. The molecule has 0 radical (unpaired) electrons. The fourth-order valence-electron chi connectivity index (χ4n) is 3.23. The highest BCUT2D eigenvalue weighted by atomic mass is 16.5. The Kier molecular flexibility index (Phi) is 8.71. The molecular formula is C20H33N3O3. The molecule has 0 amide bonds. The summed E-state index contributed by atoms with van der Waals surface area (Å²) in [5, 5.41) is 3.40. The van der Waals surface area contributed by atoms with Gasteiger partial charge in [-0.15, -0.1) is 0 Å². The monoisotopic (exact) mass is 363 g/mol. The summed E-state index contributed by atoms with van der Waals surface area (Å²) in [6, 6.07) is 6.28. The van der Waals surface area contributed by atoms with Crippen LogP contribution in [0.1, 0.15) is 17.5 Å². The normalized spacial score (nSPS) is 17.6. The molecule has 1 aliphatic heterocycles. The van der Waals surface area contributed by atoms with Crippen LogP contribution in [0.5, 0.6) is 5.75 Å². The second-order valence-electron chi connectivity index (χ2n) is 6.81. The van der Waals surface area contributed by atoms with Gasteiger partial charge in [0.2, 0.25) is 0 Å². The van der Waals surface area contributed by atoms with E-state index in [0.29, 0.717) is 25.7 Å². The zero-order valence-corrected chi connectivity index (χ0v) is 16.6. The molecule has 2 rings (SSSR count). The first-order valence-electron chi connectivity index (χ1n) is 9.35. The van der Waals surface area contributed by atoms with Crippen LogP contribution >= 0.6 is 0 Å². The van der Waals surface area contributed by atoms with E-state index in [0.717, 1.165) is 44.4 Å². The molecule has 1 aliphatic rings. The molecule has 1 heterocycles. The maximum atomic E-state index is 5.85. The van der Waals surface area contributed by atoms with Gasteiger partial charge in [0.25, 0.3) is 0 Å². The molecule has 0 bridgehead atoms. The Hall–Kier alpha value is -1.79. The fourth-order valence-corrected chi connectivity index (χ4v) is 3.23. The lowest BCUT2D eigenvalue weighted by molar-refractivity contribution is 0.0536. The Morgan fingerprint density at radius 2 is 1.96 bits per heavy atom. The summed E-state index contributed by atoms with van der Waals surface area (Å²) in [6.07, 6.45) is 1.13. The highest BCUT2D eigenvalue weighted by molar-refractivity contribution is 5.80. The molecule has 1 atom stereocenters. The molecule has 1 aromatic rings. The van der Waals surface area contributed by atoms with Gasteiger partial charge in [0.15, 0.2) is 5.96 Å². The summed E-state index contributed by atoms with van der Waals surface area (Å²) in [5.41, 5.74) is 2.44. The smallest absolute Gasteiger partial charge is 0.193 e. The third kappa shape index (κ3) is 6.84. The maximum Gasteiger partial charge on any atom is 0.193 e. The van der Waals surface area contributed by atoms with Crippen LogP contribution in [0.15, 0.2) is 23.2 Å². The number of ether oxygens (including phenoxy) is 3. The molecule has 0 saturated carbocycles. The molecule has 0 aliphatic carbocycles. The molecule has 6 heteroatoms. The second kappa shape index (κ2) is 11.0. The number of methoxy groups -OCH3 is 1. The van der Waals surface area contributed by atoms with E-state index in [-0.39, 0.29) is 0 Å². The number of nitrogens with one attached hydrogen (secondary N) is 1. The Bertz CT molecular complexity index is 557. The van der Waals surface area contributed by atoms with Crippen LogP contribution in [0.2, 0.25) is 0 Å². The first-order valence-corrected chi connectivity index (χ1v) is 9.35. The standard InChI is InChI=1S/C20H33N3O3/c1-16-11-17(2)13-19(12-16)26-8-6-22-20(21-3)23-7-5-18(14-23)15-25-10-9-24-4/h11-13,18H,5-10,14-15H2,1-4H3,(H,21,22). The van der Waals surface area contributed by atoms with Crippen molar-refractivity contribution in [2.75, 3.05) is 60.2 Å². The van der Waals surface area contributed by atoms with E-state index < -0.39 is 0 Å². The van der Waals surface area contributed by atoms with Gasteiger partial charge in [0.05, 0.1) is 26.4 Å². The minimum atomic E-state index is 0.553. The lowest BCUT2D eigenvalue weighted by Gasteiger charge is -2.22. The minimum Gasteiger partial charge on any atom is -0.492 e. The van der Waals surface area contributed by atoms with Crippen LogP contribution in [0.4, 0.5) is 0 Å². The molecule has 1 saturated heterocycles. The van der Waals surface area contributed by atoms with E-state index in [9.17, 15) is 0 Å². The number of guanidine groups is 1. The van der Waals surface area contributed by atoms with Gasteiger partial charge in [-0.1, -0.05) is 6.07 Å². The van der Waals surface area contributed by atoms with E-state index >= 15 is 0 Å². The summed E-state index contributed by atoms with van der Waals surface area (Å²) < 4.78 is 16.5. The van der Waals surface area contributed by atoms with Crippen molar-refractivity contribution in [3.63, 3.8) is 0 Å². The van der Waals surface area contributed by atoms with Gasteiger partial charge in [-0.05, 0) is 43.5 Å². The second-order valence-corrected chi connectivity index (χ2v) is 6.81. The molecule has 6 nitrogen and oxygen atoms in total. The number of hydrogen-bond acceptors (Lipinski definition) is 4. The maximum absolute atomic E-state index is 5.85. The van der Waals surface area contributed by atoms with Crippen LogP contribution in [0.25, 0.3) is 0 Å². The van der Waals surface area contributed by atoms with Crippen LogP contribution in [-0.2, 0) is 9.47 Å². The van der Waals surface area contributed by atoms with Crippen LogP contribution in [0, 0.1) is 19.8 Å². The van der Waals surface area contributed by atoms with Crippen molar-refractivity contribution in [1.29, 1.82) is 0 Å². The molecule has 146 valence electrons. The summed E-state index contributed by atoms with van der Waals surface area (Å²) in [6.45, 7) is 9.60. The Morgan fingerprint density at radius 1 is 1.19 bits per heavy atom. The van der Waals surface area contributed by atoms with Crippen molar-refractivity contribution in [3.8, 4) is 5.75 Å². The molecule has 1 N–H and O–H groups in total. The Morgan fingerprint density at radius 3 is 2.65 bits per heavy atom.